The van der Waals surface area contributed by atoms with Gasteiger partial charge in [-0.25, -0.2) is 0 Å². The van der Waals surface area contributed by atoms with Gasteiger partial charge in [-0.1, -0.05) is 19.9 Å². The molecule has 0 saturated heterocycles. The van der Waals surface area contributed by atoms with E-state index in [4.69, 9.17) is 5.11 Å². The molecule has 11 heavy (non-hydrogen) atoms. The van der Waals surface area contributed by atoms with Gasteiger partial charge in [0.2, 0.25) is 0 Å². The zero-order valence-corrected chi connectivity index (χ0v) is 7.12. The molecule has 1 heterocycles. The van der Waals surface area contributed by atoms with Gasteiger partial charge in [0, 0.05) is 12.8 Å². The molecule has 1 aliphatic rings. The van der Waals surface area contributed by atoms with Crippen molar-refractivity contribution in [2.75, 3.05) is 6.61 Å². The lowest BCUT2D eigenvalue weighted by atomic mass is 9.85. The van der Waals surface area contributed by atoms with Gasteiger partial charge in [-0.2, -0.15) is 0 Å². The Morgan fingerprint density at radius 2 is 2.27 bits per heavy atom. The van der Waals surface area contributed by atoms with Crippen molar-refractivity contribution in [3.05, 3.63) is 12.2 Å². The Morgan fingerprint density at radius 3 is 2.64 bits per heavy atom. The summed E-state index contributed by atoms with van der Waals surface area (Å²) in [5, 5.41) is 8.83. The molecule has 0 aromatic rings. The molecule has 0 aliphatic carbocycles. The predicted molar refractivity (Wildman–Crippen MR) is 46.9 cm³/mol. The smallest absolute Gasteiger partial charge is 0.0835 e. The van der Waals surface area contributed by atoms with Gasteiger partial charge in [0.1, 0.15) is 0 Å². The number of aliphatic imine (C=N–C) groups is 1. The highest BCUT2D eigenvalue weighted by Gasteiger charge is 2.30. The molecule has 0 amide bonds. The van der Waals surface area contributed by atoms with E-state index in [9.17, 15) is 0 Å². The summed E-state index contributed by atoms with van der Waals surface area (Å²) in [5.41, 5.74) is -0.116. The number of hydrogen-bond acceptors (Lipinski definition) is 2. The third-order valence-corrected chi connectivity index (χ3v) is 2.30. The Hall–Kier alpha value is -0.630. The molecule has 62 valence electrons. The van der Waals surface area contributed by atoms with E-state index in [0.29, 0.717) is 5.92 Å². The second-order valence-corrected chi connectivity index (χ2v) is 3.26. The molecule has 1 N–H and O–H groups in total. The van der Waals surface area contributed by atoms with Gasteiger partial charge in [-0.05, 0) is 18.4 Å². The second kappa shape index (κ2) is 3.18. The molecule has 0 aromatic carbocycles. The predicted octanol–water partition coefficient (Wildman–Crippen LogP) is 1.40. The lowest BCUT2D eigenvalue weighted by Gasteiger charge is -2.27. The van der Waals surface area contributed by atoms with Crippen molar-refractivity contribution in [2.24, 2.45) is 10.9 Å². The average Bonchev–Trinajstić information content (AvgIpc) is 2.38. The van der Waals surface area contributed by atoms with Crippen LogP contribution in [0.3, 0.4) is 0 Å². The summed E-state index contributed by atoms with van der Waals surface area (Å²) in [7, 11) is 0. The first-order valence-electron chi connectivity index (χ1n) is 4.05. The number of aliphatic hydroxyl groups is 1. The first kappa shape index (κ1) is 8.47. The van der Waals surface area contributed by atoms with Gasteiger partial charge >= 0.3 is 0 Å². The van der Waals surface area contributed by atoms with Crippen molar-refractivity contribution in [2.45, 2.75) is 25.8 Å². The summed E-state index contributed by atoms with van der Waals surface area (Å²) < 4.78 is 0. The molecular weight excluding hydrogens is 138 g/mol. The van der Waals surface area contributed by atoms with Crippen molar-refractivity contribution in [1.82, 2.24) is 0 Å². The van der Waals surface area contributed by atoms with Crippen LogP contribution in [0.25, 0.3) is 0 Å². The number of rotatable bonds is 3. The van der Waals surface area contributed by atoms with Gasteiger partial charge in [-0.3, -0.25) is 4.99 Å². The number of hydrogen-bond donors (Lipinski definition) is 1. The van der Waals surface area contributed by atoms with Crippen LogP contribution in [0.4, 0.5) is 0 Å². The fraction of sp³-hybridized carbons (Fsp3) is 0.667. The third-order valence-electron chi connectivity index (χ3n) is 2.30. The number of allylic oxidation sites excluding steroid dienone is 1. The van der Waals surface area contributed by atoms with Crippen LogP contribution in [-0.4, -0.2) is 23.5 Å². The van der Waals surface area contributed by atoms with Crippen LogP contribution in [0.2, 0.25) is 0 Å². The highest BCUT2D eigenvalue weighted by molar-refractivity contribution is 5.75. The normalized spacial score (nSPS) is 28.7. The summed E-state index contributed by atoms with van der Waals surface area (Å²) in [6.45, 7) is 4.46. The molecule has 0 spiro atoms. The van der Waals surface area contributed by atoms with E-state index in [-0.39, 0.29) is 12.1 Å². The standard InChI is InChI=1S/C9H15NO/c1-8(2)9(5-7-11)4-3-6-10-9/h3-4,6,8,11H,5,7H2,1-2H3. The maximum atomic E-state index is 8.83. The molecule has 0 saturated carbocycles. The van der Waals surface area contributed by atoms with Gasteiger partial charge in [0.25, 0.3) is 0 Å². The second-order valence-electron chi connectivity index (χ2n) is 3.26. The Balaban J connectivity index is 2.72. The van der Waals surface area contributed by atoms with Gasteiger partial charge in [-0.15, -0.1) is 0 Å². The Morgan fingerprint density at radius 1 is 1.55 bits per heavy atom. The highest BCUT2D eigenvalue weighted by atomic mass is 16.3. The largest absolute Gasteiger partial charge is 0.396 e. The van der Waals surface area contributed by atoms with E-state index in [1.807, 2.05) is 12.3 Å². The zero-order chi connectivity index (χ0) is 8.32. The van der Waals surface area contributed by atoms with Crippen LogP contribution in [0, 0.1) is 5.92 Å². The average molecular weight is 153 g/mol. The van der Waals surface area contributed by atoms with E-state index in [0.717, 1.165) is 6.42 Å². The maximum Gasteiger partial charge on any atom is 0.0835 e. The van der Waals surface area contributed by atoms with Crippen molar-refractivity contribution in [3.63, 3.8) is 0 Å². The fourth-order valence-electron chi connectivity index (χ4n) is 1.39. The minimum atomic E-state index is -0.116. The minimum absolute atomic E-state index is 0.116. The first-order chi connectivity index (χ1) is 5.21. The number of aliphatic hydroxyl groups excluding tert-OH is 1. The molecule has 0 aromatic heterocycles. The Bertz CT molecular complexity index is 170. The molecule has 2 nitrogen and oxygen atoms in total. The molecule has 0 bridgehead atoms. The van der Waals surface area contributed by atoms with Crippen LogP contribution in [0.15, 0.2) is 17.1 Å². The molecule has 1 unspecified atom stereocenters. The van der Waals surface area contributed by atoms with E-state index in [1.54, 1.807) is 0 Å². The molecule has 1 rings (SSSR count). The fourth-order valence-corrected chi connectivity index (χ4v) is 1.39. The topological polar surface area (TPSA) is 32.6 Å². The van der Waals surface area contributed by atoms with Crippen LogP contribution in [-0.2, 0) is 0 Å². The van der Waals surface area contributed by atoms with Gasteiger partial charge < -0.3 is 5.11 Å². The molecule has 1 aliphatic heterocycles. The summed E-state index contributed by atoms with van der Waals surface area (Å²) in [6, 6.07) is 0. The highest BCUT2D eigenvalue weighted by Crippen LogP contribution is 2.29. The Kier molecular flexibility index (Phi) is 2.45. The van der Waals surface area contributed by atoms with Crippen molar-refractivity contribution in [3.8, 4) is 0 Å². The molecular formula is C9H15NO. The summed E-state index contributed by atoms with van der Waals surface area (Å²) in [4.78, 5) is 4.36. The molecule has 0 radical (unpaired) electrons. The van der Waals surface area contributed by atoms with Crippen molar-refractivity contribution >= 4 is 6.21 Å². The van der Waals surface area contributed by atoms with Crippen molar-refractivity contribution < 1.29 is 5.11 Å². The summed E-state index contributed by atoms with van der Waals surface area (Å²) >= 11 is 0. The van der Waals surface area contributed by atoms with E-state index < -0.39 is 0 Å². The third kappa shape index (κ3) is 1.51. The number of nitrogens with zero attached hydrogens (tertiary/aromatic N) is 1. The lowest BCUT2D eigenvalue weighted by molar-refractivity contribution is 0.235. The Labute approximate surface area is 67.7 Å². The van der Waals surface area contributed by atoms with E-state index in [1.165, 1.54) is 0 Å². The van der Waals surface area contributed by atoms with E-state index in [2.05, 4.69) is 24.9 Å². The van der Waals surface area contributed by atoms with Gasteiger partial charge in [0.05, 0.1) is 5.54 Å². The minimum Gasteiger partial charge on any atom is -0.396 e. The quantitative estimate of drug-likeness (QED) is 0.653. The summed E-state index contributed by atoms with van der Waals surface area (Å²) in [5.74, 6) is 0.463. The van der Waals surface area contributed by atoms with Crippen LogP contribution in [0.1, 0.15) is 20.3 Å². The maximum absolute atomic E-state index is 8.83. The van der Waals surface area contributed by atoms with Crippen molar-refractivity contribution in [1.29, 1.82) is 0 Å². The van der Waals surface area contributed by atoms with E-state index >= 15 is 0 Å². The summed E-state index contributed by atoms with van der Waals surface area (Å²) in [6.07, 6.45) is 6.58. The monoisotopic (exact) mass is 153 g/mol. The first-order valence-corrected chi connectivity index (χ1v) is 4.05. The van der Waals surface area contributed by atoms with Gasteiger partial charge in [0.15, 0.2) is 0 Å². The zero-order valence-electron chi connectivity index (χ0n) is 7.12. The SMILES string of the molecule is CC(C)C1(CCO)C=CC=N1. The van der Waals surface area contributed by atoms with Crippen LogP contribution < -0.4 is 0 Å². The van der Waals surface area contributed by atoms with Crippen LogP contribution >= 0.6 is 0 Å². The van der Waals surface area contributed by atoms with Crippen LogP contribution in [0.5, 0.6) is 0 Å². The molecule has 0 fully saturated rings. The lowest BCUT2D eigenvalue weighted by Crippen LogP contribution is -2.30. The molecule has 2 heteroatoms. The molecule has 1 atom stereocenters.